The maximum Gasteiger partial charge on any atom is 0.412 e. The van der Waals surface area contributed by atoms with E-state index in [0.717, 1.165) is 6.42 Å². The number of nitrogens with zero attached hydrogens (tertiary/aromatic N) is 1. The van der Waals surface area contributed by atoms with E-state index in [1.807, 2.05) is 0 Å². The van der Waals surface area contributed by atoms with Crippen molar-refractivity contribution < 1.29 is 27.1 Å². The molecule has 2 rings (SSSR count). The van der Waals surface area contributed by atoms with Crippen molar-refractivity contribution in [3.63, 3.8) is 0 Å². The molecule has 1 aromatic rings. The summed E-state index contributed by atoms with van der Waals surface area (Å²) in [4.78, 5) is 12.6. The van der Waals surface area contributed by atoms with Crippen LogP contribution >= 0.6 is 0 Å². The van der Waals surface area contributed by atoms with Gasteiger partial charge in [-0.25, -0.2) is 22.4 Å². The van der Waals surface area contributed by atoms with Gasteiger partial charge < -0.3 is 9.64 Å². The zero-order valence-electron chi connectivity index (χ0n) is 12.3. The Morgan fingerprint density at radius 2 is 1.65 bits per heavy atom. The van der Waals surface area contributed by atoms with E-state index in [-0.39, 0.29) is 6.61 Å². The molecule has 23 heavy (non-hydrogen) atoms. The molecule has 0 radical (unpaired) electrons. The summed E-state index contributed by atoms with van der Waals surface area (Å²) in [5, 5.41) is 1.67. The highest BCUT2D eigenvalue weighted by Gasteiger charge is 2.30. The van der Waals surface area contributed by atoms with Crippen molar-refractivity contribution in [2.24, 2.45) is 0 Å². The van der Waals surface area contributed by atoms with Crippen LogP contribution in [0, 0.1) is 23.3 Å². The van der Waals surface area contributed by atoms with E-state index < -0.39 is 40.7 Å². The number of carbonyl (C=O) groups is 1. The Morgan fingerprint density at radius 3 is 2.17 bits per heavy atom. The number of anilines is 2. The van der Waals surface area contributed by atoms with Crippen molar-refractivity contribution in [3.05, 3.63) is 35.9 Å². The van der Waals surface area contributed by atoms with Gasteiger partial charge in [0.25, 0.3) is 0 Å². The number of benzene rings is 1. The van der Waals surface area contributed by atoms with Gasteiger partial charge in [0.2, 0.25) is 0 Å². The Labute approximate surface area is 130 Å². The highest BCUT2D eigenvalue weighted by molar-refractivity contribution is 5.85. The molecule has 1 fully saturated rings. The van der Waals surface area contributed by atoms with E-state index in [4.69, 9.17) is 0 Å². The largest absolute Gasteiger partial charge is 0.445 e. The van der Waals surface area contributed by atoms with Gasteiger partial charge in [-0.15, -0.1) is 0 Å². The van der Waals surface area contributed by atoms with E-state index in [0.29, 0.717) is 25.9 Å². The molecule has 0 aliphatic carbocycles. The second kappa shape index (κ2) is 7.34. The minimum absolute atomic E-state index is 0.216. The molecule has 1 N–H and O–H groups in total. The first-order chi connectivity index (χ1) is 11.0. The SMILES string of the molecule is C=CCOC(=O)Nc1c(F)c(F)c(N2CCCCC2)c(F)c1F. The summed E-state index contributed by atoms with van der Waals surface area (Å²) in [6.07, 6.45) is 2.23. The number of hydrogen-bond acceptors (Lipinski definition) is 3. The minimum Gasteiger partial charge on any atom is -0.445 e. The molecule has 1 saturated heterocycles. The average Bonchev–Trinajstić information content (AvgIpc) is 2.56. The molecule has 0 aromatic heterocycles. The summed E-state index contributed by atoms with van der Waals surface area (Å²) in [5.41, 5.74) is -1.96. The number of piperidine rings is 1. The van der Waals surface area contributed by atoms with Crippen LogP contribution in [0.3, 0.4) is 0 Å². The first-order valence-electron chi connectivity index (χ1n) is 7.13. The van der Waals surface area contributed by atoms with Crippen molar-refractivity contribution in [1.29, 1.82) is 0 Å². The van der Waals surface area contributed by atoms with Crippen LogP contribution in [0.2, 0.25) is 0 Å². The fourth-order valence-corrected chi connectivity index (χ4v) is 2.40. The molecular weight excluding hydrogens is 316 g/mol. The molecule has 1 aliphatic heterocycles. The van der Waals surface area contributed by atoms with Crippen LogP contribution in [0.1, 0.15) is 19.3 Å². The lowest BCUT2D eigenvalue weighted by atomic mass is 10.1. The summed E-state index contributed by atoms with van der Waals surface area (Å²) < 4.78 is 60.9. The van der Waals surface area contributed by atoms with Gasteiger partial charge in [0, 0.05) is 13.1 Å². The van der Waals surface area contributed by atoms with E-state index in [1.165, 1.54) is 11.0 Å². The summed E-state index contributed by atoms with van der Waals surface area (Å²) in [6, 6.07) is 0. The van der Waals surface area contributed by atoms with E-state index >= 15 is 0 Å². The van der Waals surface area contributed by atoms with Gasteiger partial charge in [0.15, 0.2) is 23.3 Å². The van der Waals surface area contributed by atoms with Gasteiger partial charge >= 0.3 is 6.09 Å². The predicted molar refractivity (Wildman–Crippen MR) is 77.5 cm³/mol. The molecule has 0 bridgehead atoms. The Balaban J connectivity index is 2.35. The van der Waals surface area contributed by atoms with Gasteiger partial charge in [0.1, 0.15) is 18.0 Å². The van der Waals surface area contributed by atoms with Gasteiger partial charge in [-0.2, -0.15) is 0 Å². The third kappa shape index (κ3) is 3.57. The minimum atomic E-state index is -1.67. The first kappa shape index (κ1) is 17.1. The van der Waals surface area contributed by atoms with Crippen molar-refractivity contribution in [2.45, 2.75) is 19.3 Å². The molecule has 0 saturated carbocycles. The number of rotatable bonds is 4. The number of halogens is 4. The van der Waals surface area contributed by atoms with E-state index in [2.05, 4.69) is 11.3 Å². The lowest BCUT2D eigenvalue weighted by molar-refractivity contribution is 0.174. The Bertz CT molecular complexity index is 587. The molecule has 4 nitrogen and oxygen atoms in total. The molecule has 8 heteroatoms. The van der Waals surface area contributed by atoms with Crippen LogP contribution in [0.4, 0.5) is 33.7 Å². The molecule has 1 aromatic carbocycles. The third-order valence-corrected chi connectivity index (χ3v) is 3.47. The lowest BCUT2D eigenvalue weighted by Crippen LogP contribution is -2.32. The Morgan fingerprint density at radius 1 is 1.09 bits per heavy atom. The van der Waals surface area contributed by atoms with Gasteiger partial charge in [-0.1, -0.05) is 12.7 Å². The topological polar surface area (TPSA) is 41.6 Å². The summed E-state index contributed by atoms with van der Waals surface area (Å²) >= 11 is 0. The summed E-state index contributed by atoms with van der Waals surface area (Å²) in [5.74, 6) is -6.41. The van der Waals surface area contributed by atoms with Gasteiger partial charge in [-0.3, -0.25) is 5.32 Å². The van der Waals surface area contributed by atoms with Gasteiger partial charge in [-0.05, 0) is 19.3 Å². The maximum atomic E-state index is 14.2. The quantitative estimate of drug-likeness (QED) is 0.515. The van der Waals surface area contributed by atoms with Crippen LogP contribution in [0.5, 0.6) is 0 Å². The molecule has 0 atom stereocenters. The Hall–Kier alpha value is -2.25. The fourth-order valence-electron chi connectivity index (χ4n) is 2.40. The maximum absolute atomic E-state index is 14.2. The molecule has 1 aliphatic rings. The number of nitrogens with one attached hydrogen (secondary N) is 1. The summed E-state index contributed by atoms with van der Waals surface area (Å²) in [7, 11) is 0. The molecule has 1 amide bonds. The highest BCUT2D eigenvalue weighted by Crippen LogP contribution is 2.35. The molecule has 126 valence electrons. The average molecular weight is 332 g/mol. The van der Waals surface area contributed by atoms with Crippen LogP contribution in [-0.4, -0.2) is 25.8 Å². The first-order valence-corrected chi connectivity index (χ1v) is 7.13. The van der Waals surface area contributed by atoms with E-state index in [1.54, 1.807) is 5.32 Å². The monoisotopic (exact) mass is 332 g/mol. The molecule has 0 spiro atoms. The van der Waals surface area contributed by atoms with Gasteiger partial charge in [0.05, 0.1) is 0 Å². The van der Waals surface area contributed by atoms with Crippen LogP contribution in [0.15, 0.2) is 12.7 Å². The van der Waals surface area contributed by atoms with Crippen molar-refractivity contribution in [3.8, 4) is 0 Å². The van der Waals surface area contributed by atoms with Crippen LogP contribution < -0.4 is 10.2 Å². The zero-order valence-corrected chi connectivity index (χ0v) is 12.3. The molecular formula is C15H16F4N2O2. The zero-order chi connectivity index (χ0) is 17.0. The predicted octanol–water partition coefficient (Wildman–Crippen LogP) is 3.97. The van der Waals surface area contributed by atoms with Crippen LogP contribution in [0.25, 0.3) is 0 Å². The second-order valence-electron chi connectivity index (χ2n) is 5.04. The number of hydrogen-bond donors (Lipinski definition) is 1. The van der Waals surface area contributed by atoms with Crippen molar-refractivity contribution in [1.82, 2.24) is 0 Å². The van der Waals surface area contributed by atoms with E-state index in [9.17, 15) is 22.4 Å². The molecule has 0 unspecified atom stereocenters. The Kier molecular flexibility index (Phi) is 5.46. The number of amides is 1. The third-order valence-electron chi connectivity index (χ3n) is 3.47. The smallest absolute Gasteiger partial charge is 0.412 e. The standard InChI is InChI=1S/C15H16F4N2O2/c1-2-8-23-15(22)20-13-9(16)11(18)14(12(19)10(13)17)21-6-4-3-5-7-21/h2H,1,3-8H2,(H,20,22). The van der Waals surface area contributed by atoms with Crippen molar-refractivity contribution >= 4 is 17.5 Å². The summed E-state index contributed by atoms with van der Waals surface area (Å²) in [6.45, 7) is 3.68. The van der Waals surface area contributed by atoms with Crippen LogP contribution in [-0.2, 0) is 4.74 Å². The second-order valence-corrected chi connectivity index (χ2v) is 5.04. The number of carbonyl (C=O) groups excluding carboxylic acids is 1. The fraction of sp³-hybridized carbons (Fsp3) is 0.400. The molecule has 1 heterocycles. The highest BCUT2D eigenvalue weighted by atomic mass is 19.2. The lowest BCUT2D eigenvalue weighted by Gasteiger charge is -2.29. The number of ether oxygens (including phenoxy) is 1. The van der Waals surface area contributed by atoms with Crippen molar-refractivity contribution in [2.75, 3.05) is 29.9 Å². The normalized spacial score (nSPS) is 14.5.